The molecule has 0 radical (unpaired) electrons. The Hall–Kier alpha value is -1.52. The fraction of sp³-hybridized carbons (Fsp3) is 0.294. The topological polar surface area (TPSA) is 83.5 Å². The smallest absolute Gasteiger partial charge is 0.243 e. The Labute approximate surface area is 164 Å². The summed E-state index contributed by atoms with van der Waals surface area (Å²) in [4.78, 5) is -0.153. The summed E-state index contributed by atoms with van der Waals surface area (Å²) >= 11 is 0. The van der Waals surface area contributed by atoms with Crippen molar-refractivity contribution in [1.82, 2.24) is 9.62 Å². The van der Waals surface area contributed by atoms with E-state index in [0.29, 0.717) is 18.7 Å². The highest BCUT2D eigenvalue weighted by atomic mass is 35.5. The molecule has 0 bridgehead atoms. The molecular formula is C17H20ClFN2O4S2. The lowest BCUT2D eigenvalue weighted by Gasteiger charge is -2.35. The molecule has 1 saturated heterocycles. The van der Waals surface area contributed by atoms with Crippen molar-refractivity contribution in [2.45, 2.75) is 15.8 Å². The molecule has 1 aliphatic rings. The van der Waals surface area contributed by atoms with Gasteiger partial charge in [0.25, 0.3) is 0 Å². The predicted molar refractivity (Wildman–Crippen MR) is 103 cm³/mol. The summed E-state index contributed by atoms with van der Waals surface area (Å²) in [6.07, 6.45) is 1.03. The van der Waals surface area contributed by atoms with Crippen molar-refractivity contribution in [2.75, 3.05) is 25.9 Å². The summed E-state index contributed by atoms with van der Waals surface area (Å²) in [5.74, 6) is -0.440. The van der Waals surface area contributed by atoms with Gasteiger partial charge in [-0.1, -0.05) is 18.2 Å². The van der Waals surface area contributed by atoms with Crippen molar-refractivity contribution < 1.29 is 21.2 Å². The lowest BCUT2D eigenvalue weighted by atomic mass is 10.1. The lowest BCUT2D eigenvalue weighted by molar-refractivity contribution is 0.271. The highest BCUT2D eigenvalue weighted by Gasteiger charge is 2.34. The predicted octanol–water partition coefficient (Wildman–Crippen LogP) is 1.99. The molecule has 1 aliphatic heterocycles. The first-order valence-electron chi connectivity index (χ1n) is 7.98. The maximum absolute atomic E-state index is 13.6. The van der Waals surface area contributed by atoms with Crippen molar-refractivity contribution in [1.29, 1.82) is 0 Å². The van der Waals surface area contributed by atoms with Crippen LogP contribution in [0.1, 0.15) is 11.6 Å². The average molecular weight is 435 g/mol. The SMILES string of the molecule is CS(=O)(=O)c1cccc(S(=O)(=O)N2CCNCC2c2cccc(F)c2)c1.Cl. The van der Waals surface area contributed by atoms with Gasteiger partial charge in [0.15, 0.2) is 9.84 Å². The van der Waals surface area contributed by atoms with Gasteiger partial charge in [-0.15, -0.1) is 12.4 Å². The van der Waals surface area contributed by atoms with E-state index in [0.717, 1.165) is 12.3 Å². The number of rotatable bonds is 4. The first kappa shape index (κ1) is 21.8. The Morgan fingerprint density at radius 3 is 2.37 bits per heavy atom. The van der Waals surface area contributed by atoms with Gasteiger partial charge >= 0.3 is 0 Å². The van der Waals surface area contributed by atoms with Crippen molar-refractivity contribution >= 4 is 32.3 Å². The van der Waals surface area contributed by atoms with E-state index in [-0.39, 0.29) is 28.7 Å². The Balaban J connectivity index is 0.00000261. The number of sulfone groups is 1. The number of nitrogens with zero attached hydrogens (tertiary/aromatic N) is 1. The van der Waals surface area contributed by atoms with Gasteiger partial charge in [0, 0.05) is 25.9 Å². The number of nitrogens with one attached hydrogen (secondary N) is 1. The molecule has 1 unspecified atom stereocenters. The van der Waals surface area contributed by atoms with Crippen LogP contribution in [-0.2, 0) is 19.9 Å². The zero-order chi connectivity index (χ0) is 18.9. The minimum atomic E-state index is -3.95. The molecule has 1 atom stereocenters. The van der Waals surface area contributed by atoms with E-state index < -0.39 is 31.7 Å². The molecule has 27 heavy (non-hydrogen) atoms. The van der Waals surface area contributed by atoms with Crippen LogP contribution in [0.5, 0.6) is 0 Å². The van der Waals surface area contributed by atoms with Crippen LogP contribution in [0, 0.1) is 5.82 Å². The minimum absolute atomic E-state index is 0. The molecule has 0 spiro atoms. The molecule has 10 heteroatoms. The number of piperazine rings is 1. The molecule has 3 rings (SSSR count). The Morgan fingerprint density at radius 2 is 1.70 bits per heavy atom. The van der Waals surface area contributed by atoms with E-state index in [9.17, 15) is 21.2 Å². The number of hydrogen-bond acceptors (Lipinski definition) is 5. The van der Waals surface area contributed by atoms with Crippen LogP contribution in [0.4, 0.5) is 4.39 Å². The zero-order valence-electron chi connectivity index (χ0n) is 14.5. The summed E-state index contributed by atoms with van der Waals surface area (Å²) in [6.45, 7) is 0.998. The standard InChI is InChI=1S/C17H19FN2O4S2.ClH/c1-25(21,22)15-6-3-7-16(11-15)26(23,24)20-9-8-19-12-17(20)13-4-2-5-14(18)10-13;/h2-7,10-11,17,19H,8-9,12H2,1H3;1H. The second-order valence-electron chi connectivity index (χ2n) is 6.14. The number of sulfonamides is 1. The Morgan fingerprint density at radius 1 is 1.04 bits per heavy atom. The minimum Gasteiger partial charge on any atom is -0.313 e. The van der Waals surface area contributed by atoms with E-state index >= 15 is 0 Å². The summed E-state index contributed by atoms with van der Waals surface area (Å²) in [7, 11) is -7.48. The summed E-state index contributed by atoms with van der Waals surface area (Å²) < 4.78 is 64.7. The van der Waals surface area contributed by atoms with Gasteiger partial charge in [-0.3, -0.25) is 0 Å². The van der Waals surface area contributed by atoms with Crippen LogP contribution in [0.15, 0.2) is 58.3 Å². The maximum Gasteiger partial charge on any atom is 0.243 e. The van der Waals surface area contributed by atoms with Crippen LogP contribution >= 0.6 is 12.4 Å². The van der Waals surface area contributed by atoms with Gasteiger partial charge in [-0.2, -0.15) is 4.31 Å². The third-order valence-electron chi connectivity index (χ3n) is 4.27. The van der Waals surface area contributed by atoms with Crippen LogP contribution in [0.3, 0.4) is 0 Å². The second kappa shape index (κ2) is 8.24. The zero-order valence-corrected chi connectivity index (χ0v) is 16.9. The van der Waals surface area contributed by atoms with E-state index in [1.165, 1.54) is 40.7 Å². The number of hydrogen-bond donors (Lipinski definition) is 1. The summed E-state index contributed by atoms with van der Waals surface area (Å²) in [5.41, 5.74) is 0.542. The van der Waals surface area contributed by atoms with Gasteiger partial charge in [0.05, 0.1) is 15.8 Å². The van der Waals surface area contributed by atoms with E-state index in [4.69, 9.17) is 0 Å². The first-order chi connectivity index (χ1) is 12.2. The first-order valence-corrected chi connectivity index (χ1v) is 11.3. The molecular weight excluding hydrogens is 415 g/mol. The average Bonchev–Trinajstić information content (AvgIpc) is 2.61. The van der Waals surface area contributed by atoms with Gasteiger partial charge in [0.1, 0.15) is 5.82 Å². The molecule has 6 nitrogen and oxygen atoms in total. The Kier molecular flexibility index (Phi) is 6.64. The van der Waals surface area contributed by atoms with E-state index in [1.807, 2.05) is 0 Å². The highest BCUT2D eigenvalue weighted by molar-refractivity contribution is 7.91. The molecule has 0 aromatic heterocycles. The van der Waals surface area contributed by atoms with Crippen LogP contribution in [0.25, 0.3) is 0 Å². The van der Waals surface area contributed by atoms with Crippen LogP contribution in [-0.4, -0.2) is 47.0 Å². The maximum atomic E-state index is 13.6. The molecule has 0 amide bonds. The Bertz CT molecular complexity index is 1030. The van der Waals surface area contributed by atoms with Gasteiger partial charge < -0.3 is 5.32 Å². The molecule has 1 fully saturated rings. The van der Waals surface area contributed by atoms with Crippen molar-refractivity contribution in [3.8, 4) is 0 Å². The van der Waals surface area contributed by atoms with Crippen molar-refractivity contribution in [3.63, 3.8) is 0 Å². The van der Waals surface area contributed by atoms with E-state index in [2.05, 4.69) is 5.32 Å². The second-order valence-corrected chi connectivity index (χ2v) is 10.0. The van der Waals surface area contributed by atoms with Gasteiger partial charge in [-0.05, 0) is 35.9 Å². The van der Waals surface area contributed by atoms with Crippen LogP contribution < -0.4 is 5.32 Å². The normalized spacial score (nSPS) is 18.7. The van der Waals surface area contributed by atoms with Gasteiger partial charge in [-0.25, -0.2) is 21.2 Å². The van der Waals surface area contributed by atoms with E-state index in [1.54, 1.807) is 6.07 Å². The molecule has 0 saturated carbocycles. The quantitative estimate of drug-likeness (QED) is 0.795. The number of halogens is 2. The number of benzene rings is 2. The molecule has 2 aromatic rings. The lowest BCUT2D eigenvalue weighted by Crippen LogP contribution is -2.48. The molecule has 148 valence electrons. The molecule has 2 aromatic carbocycles. The monoisotopic (exact) mass is 434 g/mol. The van der Waals surface area contributed by atoms with Gasteiger partial charge in [0.2, 0.25) is 10.0 Å². The highest BCUT2D eigenvalue weighted by Crippen LogP contribution is 2.30. The largest absolute Gasteiger partial charge is 0.313 e. The fourth-order valence-corrected chi connectivity index (χ4v) is 5.37. The summed E-state index contributed by atoms with van der Waals surface area (Å²) in [6, 6.07) is 10.5. The molecule has 0 aliphatic carbocycles. The third kappa shape index (κ3) is 4.67. The fourth-order valence-electron chi connectivity index (χ4n) is 2.97. The van der Waals surface area contributed by atoms with Crippen molar-refractivity contribution in [2.24, 2.45) is 0 Å². The molecule has 1 heterocycles. The summed E-state index contributed by atoms with van der Waals surface area (Å²) in [5, 5.41) is 3.12. The van der Waals surface area contributed by atoms with Crippen molar-refractivity contribution in [3.05, 3.63) is 59.9 Å². The molecule has 1 N–H and O–H groups in total. The third-order valence-corrected chi connectivity index (χ3v) is 7.28. The van der Waals surface area contributed by atoms with Crippen LogP contribution in [0.2, 0.25) is 0 Å².